The van der Waals surface area contributed by atoms with Crippen molar-refractivity contribution in [3.8, 4) is 24.0 Å². The van der Waals surface area contributed by atoms with Crippen molar-refractivity contribution in [2.24, 2.45) is 13.0 Å². The smallest absolute Gasteiger partial charge is 0.290 e. The Balaban J connectivity index is 1.48. The van der Waals surface area contributed by atoms with Crippen molar-refractivity contribution < 1.29 is 9.47 Å². The predicted octanol–water partition coefficient (Wildman–Crippen LogP) is 4.48. The number of terminal acetylenes is 1. The lowest BCUT2D eigenvalue weighted by atomic mass is 9.98. The molecule has 1 heterocycles. The van der Waals surface area contributed by atoms with Crippen LogP contribution in [0, 0.1) is 25.2 Å². The van der Waals surface area contributed by atoms with Crippen molar-refractivity contribution in [1.29, 1.82) is 0 Å². The molecule has 0 spiro atoms. The van der Waals surface area contributed by atoms with Crippen molar-refractivity contribution in [1.82, 2.24) is 9.78 Å². The minimum absolute atomic E-state index is 0.211. The lowest BCUT2D eigenvalue weighted by molar-refractivity contribution is 0.278. The van der Waals surface area contributed by atoms with Gasteiger partial charge < -0.3 is 14.4 Å². The van der Waals surface area contributed by atoms with Crippen LogP contribution in [-0.4, -0.2) is 30.0 Å². The predicted molar refractivity (Wildman–Crippen MR) is 139 cm³/mol. The third-order valence-corrected chi connectivity index (χ3v) is 6.62. The van der Waals surface area contributed by atoms with E-state index in [1.807, 2.05) is 29.2 Å². The standard InChI is InChI=1S/C29H33N3O3/c1-6-14-32(18-21-9-11-24(34-5)12-10-21)27-17-28(30-31(4)29(27)33)35-19-23-16-26(23)25-13-8-20(3)15-22(25)7-2/h1,8-13,15,17,23,26H,7,14,16,18-19H2,2-5H3. The van der Waals surface area contributed by atoms with Gasteiger partial charge in [-0.3, -0.25) is 4.79 Å². The van der Waals surface area contributed by atoms with Gasteiger partial charge in [0.15, 0.2) is 0 Å². The van der Waals surface area contributed by atoms with E-state index < -0.39 is 0 Å². The summed E-state index contributed by atoms with van der Waals surface area (Å²) in [4.78, 5) is 14.8. The summed E-state index contributed by atoms with van der Waals surface area (Å²) >= 11 is 0. The average Bonchev–Trinajstić information content (AvgIpc) is 3.64. The van der Waals surface area contributed by atoms with Gasteiger partial charge in [-0.25, -0.2) is 4.68 Å². The summed E-state index contributed by atoms with van der Waals surface area (Å²) < 4.78 is 12.7. The zero-order chi connectivity index (χ0) is 24.9. The first-order valence-corrected chi connectivity index (χ1v) is 12.0. The molecule has 4 rings (SSSR count). The molecule has 6 heteroatoms. The summed E-state index contributed by atoms with van der Waals surface area (Å²) in [5, 5.41) is 4.34. The molecule has 0 bridgehead atoms. The second-order valence-corrected chi connectivity index (χ2v) is 9.17. The number of ether oxygens (including phenoxy) is 2. The van der Waals surface area contributed by atoms with Crippen LogP contribution in [-0.2, 0) is 20.0 Å². The fourth-order valence-electron chi connectivity index (χ4n) is 4.56. The Morgan fingerprint density at radius 2 is 1.97 bits per heavy atom. The molecule has 0 N–H and O–H groups in total. The third kappa shape index (κ3) is 5.68. The fraction of sp³-hybridized carbons (Fsp3) is 0.379. The fourth-order valence-corrected chi connectivity index (χ4v) is 4.56. The van der Waals surface area contributed by atoms with Gasteiger partial charge in [-0.2, -0.15) is 0 Å². The van der Waals surface area contributed by atoms with E-state index in [0.717, 1.165) is 24.2 Å². The van der Waals surface area contributed by atoms with Crippen LogP contribution in [0.1, 0.15) is 41.5 Å². The quantitative estimate of drug-likeness (QED) is 0.408. The minimum atomic E-state index is -0.211. The molecule has 1 saturated carbocycles. The molecule has 1 fully saturated rings. The summed E-state index contributed by atoms with van der Waals surface area (Å²) in [7, 11) is 3.27. The van der Waals surface area contributed by atoms with E-state index in [1.54, 1.807) is 20.2 Å². The van der Waals surface area contributed by atoms with E-state index in [-0.39, 0.29) is 5.56 Å². The van der Waals surface area contributed by atoms with E-state index in [1.165, 1.54) is 21.4 Å². The van der Waals surface area contributed by atoms with Gasteiger partial charge in [0.2, 0.25) is 5.88 Å². The first kappa shape index (κ1) is 24.4. The summed E-state index contributed by atoms with van der Waals surface area (Å²) in [6, 6.07) is 16.2. The Morgan fingerprint density at radius 1 is 1.20 bits per heavy atom. The van der Waals surface area contributed by atoms with Gasteiger partial charge in [-0.1, -0.05) is 48.7 Å². The molecule has 35 heavy (non-hydrogen) atoms. The largest absolute Gasteiger partial charge is 0.497 e. The maximum Gasteiger partial charge on any atom is 0.290 e. The summed E-state index contributed by atoms with van der Waals surface area (Å²) in [5.74, 6) is 4.85. The van der Waals surface area contributed by atoms with E-state index >= 15 is 0 Å². The summed E-state index contributed by atoms with van der Waals surface area (Å²) in [6.07, 6.45) is 7.78. The van der Waals surface area contributed by atoms with Crippen LogP contribution >= 0.6 is 0 Å². The van der Waals surface area contributed by atoms with Crippen molar-refractivity contribution in [3.05, 3.63) is 81.1 Å². The van der Waals surface area contributed by atoms with Gasteiger partial charge in [-0.05, 0) is 54.5 Å². The van der Waals surface area contributed by atoms with Crippen molar-refractivity contribution in [3.63, 3.8) is 0 Å². The van der Waals surface area contributed by atoms with Crippen LogP contribution in [0.25, 0.3) is 0 Å². The second kappa shape index (κ2) is 10.7. The molecule has 1 aromatic heterocycles. The van der Waals surface area contributed by atoms with E-state index in [9.17, 15) is 4.79 Å². The highest BCUT2D eigenvalue weighted by Crippen LogP contribution is 2.48. The van der Waals surface area contributed by atoms with Gasteiger partial charge in [0, 0.05) is 25.6 Å². The lowest BCUT2D eigenvalue weighted by Crippen LogP contribution is -2.32. The van der Waals surface area contributed by atoms with Crippen LogP contribution in [0.15, 0.2) is 53.3 Å². The number of rotatable bonds is 10. The van der Waals surface area contributed by atoms with Gasteiger partial charge in [-0.15, -0.1) is 11.5 Å². The Hall–Kier alpha value is -3.72. The van der Waals surface area contributed by atoms with Crippen molar-refractivity contribution in [2.45, 2.75) is 39.2 Å². The second-order valence-electron chi connectivity index (χ2n) is 9.17. The molecule has 1 aliphatic carbocycles. The summed E-state index contributed by atoms with van der Waals surface area (Å²) in [5.41, 5.74) is 5.44. The van der Waals surface area contributed by atoms with Gasteiger partial charge in [0.25, 0.3) is 5.56 Å². The van der Waals surface area contributed by atoms with E-state index in [2.05, 4.69) is 43.1 Å². The first-order chi connectivity index (χ1) is 16.9. The average molecular weight is 472 g/mol. The highest BCUT2D eigenvalue weighted by Gasteiger charge is 2.40. The molecular weight excluding hydrogens is 438 g/mol. The molecule has 182 valence electrons. The molecule has 1 aliphatic rings. The Labute approximate surface area is 207 Å². The van der Waals surface area contributed by atoms with Gasteiger partial charge >= 0.3 is 0 Å². The molecule has 2 unspecified atom stereocenters. The number of anilines is 1. The number of hydrogen-bond donors (Lipinski definition) is 0. The highest BCUT2D eigenvalue weighted by atomic mass is 16.5. The molecular formula is C29H33N3O3. The van der Waals surface area contributed by atoms with E-state index in [0.29, 0.717) is 43.1 Å². The molecule has 2 atom stereocenters. The Kier molecular flexibility index (Phi) is 7.45. The maximum absolute atomic E-state index is 12.9. The summed E-state index contributed by atoms with van der Waals surface area (Å²) in [6.45, 7) is 5.70. The Bertz CT molecular complexity index is 1270. The minimum Gasteiger partial charge on any atom is -0.497 e. The number of aromatic nitrogens is 2. The lowest BCUT2D eigenvalue weighted by Gasteiger charge is -2.23. The molecule has 0 saturated heterocycles. The van der Waals surface area contributed by atoms with Crippen molar-refractivity contribution in [2.75, 3.05) is 25.2 Å². The van der Waals surface area contributed by atoms with Crippen LogP contribution in [0.5, 0.6) is 11.6 Å². The number of methoxy groups -OCH3 is 1. The van der Waals surface area contributed by atoms with Crippen LogP contribution < -0.4 is 19.9 Å². The van der Waals surface area contributed by atoms with Crippen LogP contribution in [0.2, 0.25) is 0 Å². The highest BCUT2D eigenvalue weighted by molar-refractivity contribution is 5.48. The van der Waals surface area contributed by atoms with Crippen LogP contribution in [0.3, 0.4) is 0 Å². The van der Waals surface area contributed by atoms with Gasteiger partial charge in [0.1, 0.15) is 11.4 Å². The molecule has 2 aromatic carbocycles. The topological polar surface area (TPSA) is 56.6 Å². The molecule has 6 nitrogen and oxygen atoms in total. The third-order valence-electron chi connectivity index (χ3n) is 6.62. The number of hydrogen-bond acceptors (Lipinski definition) is 5. The zero-order valence-corrected chi connectivity index (χ0v) is 21.0. The van der Waals surface area contributed by atoms with Crippen LogP contribution in [0.4, 0.5) is 5.69 Å². The molecule has 0 amide bonds. The SMILES string of the molecule is C#CCN(Cc1ccc(OC)cc1)c1cc(OCC2CC2c2ccc(C)cc2CC)nn(C)c1=O. The zero-order valence-electron chi connectivity index (χ0n) is 21.0. The molecule has 0 radical (unpaired) electrons. The van der Waals surface area contributed by atoms with Gasteiger partial charge in [0.05, 0.1) is 20.3 Å². The molecule has 3 aromatic rings. The Morgan fingerprint density at radius 3 is 2.66 bits per heavy atom. The molecule has 0 aliphatic heterocycles. The number of aryl methyl sites for hydroxylation is 3. The van der Waals surface area contributed by atoms with E-state index in [4.69, 9.17) is 15.9 Å². The maximum atomic E-state index is 12.9. The number of nitrogens with zero attached hydrogens (tertiary/aromatic N) is 3. The monoisotopic (exact) mass is 471 g/mol. The van der Waals surface area contributed by atoms with Crippen molar-refractivity contribution >= 4 is 5.69 Å². The normalized spacial score (nSPS) is 16.4. The number of benzene rings is 2. The first-order valence-electron chi connectivity index (χ1n) is 12.0.